The number of benzene rings is 1. The first-order valence-corrected chi connectivity index (χ1v) is 9.78. The lowest BCUT2D eigenvalue weighted by molar-refractivity contribution is 0.600. The minimum absolute atomic E-state index is 0.0512. The third kappa shape index (κ3) is 3.84. The molecule has 0 spiro atoms. The quantitative estimate of drug-likeness (QED) is 0.821. The zero-order valence-electron chi connectivity index (χ0n) is 14.0. The fourth-order valence-electron chi connectivity index (χ4n) is 2.90. The van der Waals surface area contributed by atoms with E-state index in [0.29, 0.717) is 12.4 Å². The number of rotatable bonds is 5. The van der Waals surface area contributed by atoms with Gasteiger partial charge >= 0.3 is 0 Å². The second-order valence-corrected chi connectivity index (χ2v) is 8.45. The van der Waals surface area contributed by atoms with Crippen molar-refractivity contribution in [2.24, 2.45) is 0 Å². The van der Waals surface area contributed by atoms with Crippen LogP contribution in [0.4, 0.5) is 11.8 Å². The number of hydrogen-bond acceptors (Lipinski definition) is 6. The fraction of sp³-hybridized carbons (Fsp3) is 0.412. The normalized spacial score (nSPS) is 19.2. The van der Waals surface area contributed by atoms with Crippen molar-refractivity contribution < 1.29 is 8.42 Å². The van der Waals surface area contributed by atoms with Crippen LogP contribution in [0.1, 0.15) is 12.0 Å². The van der Waals surface area contributed by atoms with E-state index in [2.05, 4.69) is 27.0 Å². The van der Waals surface area contributed by atoms with Crippen LogP contribution in [0.3, 0.4) is 0 Å². The van der Waals surface area contributed by atoms with Crippen molar-refractivity contribution >= 4 is 21.6 Å². The first kappa shape index (κ1) is 16.7. The van der Waals surface area contributed by atoms with Gasteiger partial charge < -0.3 is 9.80 Å². The molecule has 1 unspecified atom stereocenters. The lowest BCUT2D eigenvalue weighted by Crippen LogP contribution is -2.34. The fourth-order valence-corrected chi connectivity index (χ4v) is 4.68. The van der Waals surface area contributed by atoms with Crippen LogP contribution in [0.2, 0.25) is 0 Å². The molecule has 7 heteroatoms. The van der Waals surface area contributed by atoms with Gasteiger partial charge in [-0.1, -0.05) is 30.3 Å². The highest BCUT2D eigenvalue weighted by Gasteiger charge is 2.31. The highest BCUT2D eigenvalue weighted by Crippen LogP contribution is 2.22. The molecule has 1 aromatic carbocycles. The molecule has 0 bridgehead atoms. The summed E-state index contributed by atoms with van der Waals surface area (Å²) >= 11 is 0. The van der Waals surface area contributed by atoms with E-state index < -0.39 is 9.84 Å². The van der Waals surface area contributed by atoms with Crippen LogP contribution in [-0.2, 0) is 16.4 Å². The van der Waals surface area contributed by atoms with Gasteiger partial charge in [0.1, 0.15) is 5.82 Å². The van der Waals surface area contributed by atoms with Crippen molar-refractivity contribution in [1.29, 1.82) is 0 Å². The lowest BCUT2D eigenvalue weighted by Gasteiger charge is -2.25. The van der Waals surface area contributed by atoms with E-state index in [1.807, 2.05) is 43.3 Å². The summed E-state index contributed by atoms with van der Waals surface area (Å²) in [4.78, 5) is 12.9. The van der Waals surface area contributed by atoms with Gasteiger partial charge in [-0.2, -0.15) is 4.98 Å². The topological polar surface area (TPSA) is 66.4 Å². The summed E-state index contributed by atoms with van der Waals surface area (Å²) in [6, 6.07) is 12.0. The number of nitrogens with zero attached hydrogens (tertiary/aromatic N) is 4. The van der Waals surface area contributed by atoms with E-state index in [-0.39, 0.29) is 17.5 Å². The van der Waals surface area contributed by atoms with Gasteiger partial charge in [0.15, 0.2) is 9.84 Å². The molecule has 0 radical (unpaired) electrons. The van der Waals surface area contributed by atoms with Crippen LogP contribution >= 0.6 is 0 Å². The predicted octanol–water partition coefficient (Wildman–Crippen LogP) is 1.74. The van der Waals surface area contributed by atoms with Gasteiger partial charge in [-0.3, -0.25) is 0 Å². The van der Waals surface area contributed by atoms with Gasteiger partial charge in [0.25, 0.3) is 0 Å². The van der Waals surface area contributed by atoms with Gasteiger partial charge in [-0.05, 0) is 18.1 Å². The molecule has 1 saturated heterocycles. The molecule has 1 fully saturated rings. The standard InChI is InChI=1S/C17H22N4O2S/c1-20(12-14-6-4-3-5-7-14)16-8-10-18-17(19-16)21(2)15-9-11-24(22,23)13-15/h3-8,10,15H,9,11-13H2,1-2H3. The number of aromatic nitrogens is 2. The smallest absolute Gasteiger partial charge is 0.227 e. The highest BCUT2D eigenvalue weighted by molar-refractivity contribution is 7.91. The van der Waals surface area contributed by atoms with Gasteiger partial charge in [0, 0.05) is 32.9 Å². The Hall–Kier alpha value is -2.15. The molecule has 0 amide bonds. The van der Waals surface area contributed by atoms with Crippen molar-refractivity contribution in [3.8, 4) is 0 Å². The summed E-state index contributed by atoms with van der Waals surface area (Å²) < 4.78 is 23.4. The van der Waals surface area contributed by atoms with E-state index in [0.717, 1.165) is 12.4 Å². The van der Waals surface area contributed by atoms with Crippen molar-refractivity contribution in [1.82, 2.24) is 9.97 Å². The average Bonchev–Trinajstić information content (AvgIpc) is 2.95. The summed E-state index contributed by atoms with van der Waals surface area (Å²) in [5, 5.41) is 0. The largest absolute Gasteiger partial charge is 0.355 e. The van der Waals surface area contributed by atoms with E-state index in [1.54, 1.807) is 6.20 Å². The molecular formula is C17H22N4O2S. The van der Waals surface area contributed by atoms with Crippen molar-refractivity contribution in [3.63, 3.8) is 0 Å². The monoisotopic (exact) mass is 346 g/mol. The van der Waals surface area contributed by atoms with Crippen LogP contribution in [-0.4, -0.2) is 50.0 Å². The molecule has 1 aromatic heterocycles. The molecule has 2 heterocycles. The van der Waals surface area contributed by atoms with E-state index in [1.165, 1.54) is 5.56 Å². The van der Waals surface area contributed by atoms with Gasteiger partial charge in [0.05, 0.1) is 11.5 Å². The van der Waals surface area contributed by atoms with Crippen LogP contribution in [0.25, 0.3) is 0 Å². The summed E-state index contributed by atoms with van der Waals surface area (Å²) in [5.41, 5.74) is 1.20. The Labute approximate surface area is 143 Å². The van der Waals surface area contributed by atoms with Crippen LogP contribution in [0, 0.1) is 0 Å². The van der Waals surface area contributed by atoms with Crippen molar-refractivity contribution in [2.45, 2.75) is 19.0 Å². The molecule has 3 rings (SSSR count). The minimum Gasteiger partial charge on any atom is -0.355 e. The van der Waals surface area contributed by atoms with Crippen molar-refractivity contribution in [3.05, 3.63) is 48.2 Å². The molecule has 0 saturated carbocycles. The summed E-state index contributed by atoms with van der Waals surface area (Å²) in [5.74, 6) is 1.80. The average molecular weight is 346 g/mol. The molecule has 2 aromatic rings. The first-order valence-electron chi connectivity index (χ1n) is 7.96. The maximum absolute atomic E-state index is 11.7. The predicted molar refractivity (Wildman–Crippen MR) is 96.0 cm³/mol. The summed E-state index contributed by atoms with van der Waals surface area (Å²) in [7, 11) is 0.925. The minimum atomic E-state index is -2.92. The molecule has 1 atom stereocenters. The van der Waals surface area contributed by atoms with E-state index >= 15 is 0 Å². The van der Waals surface area contributed by atoms with Crippen LogP contribution in [0.15, 0.2) is 42.6 Å². The van der Waals surface area contributed by atoms with Crippen molar-refractivity contribution in [2.75, 3.05) is 35.4 Å². The Morgan fingerprint density at radius 2 is 1.92 bits per heavy atom. The Bertz CT molecular complexity index is 795. The number of hydrogen-bond donors (Lipinski definition) is 0. The number of anilines is 2. The molecule has 6 nitrogen and oxygen atoms in total. The summed E-state index contributed by atoms with van der Waals surface area (Å²) in [6.45, 7) is 0.749. The number of sulfone groups is 1. The zero-order chi connectivity index (χ0) is 17.2. The second kappa shape index (κ2) is 6.76. The first-order chi connectivity index (χ1) is 11.4. The van der Waals surface area contributed by atoms with Gasteiger partial charge in [-0.15, -0.1) is 0 Å². The second-order valence-electron chi connectivity index (χ2n) is 6.22. The zero-order valence-corrected chi connectivity index (χ0v) is 14.8. The lowest BCUT2D eigenvalue weighted by atomic mass is 10.2. The molecule has 1 aliphatic rings. The third-order valence-corrected chi connectivity index (χ3v) is 6.10. The molecular weight excluding hydrogens is 324 g/mol. The molecule has 0 N–H and O–H groups in total. The Kier molecular flexibility index (Phi) is 4.71. The van der Waals surface area contributed by atoms with Gasteiger partial charge in [0.2, 0.25) is 5.95 Å². The van der Waals surface area contributed by atoms with Crippen LogP contribution < -0.4 is 9.80 Å². The molecule has 128 valence electrons. The molecule has 1 aliphatic heterocycles. The highest BCUT2D eigenvalue weighted by atomic mass is 32.2. The van der Waals surface area contributed by atoms with E-state index in [4.69, 9.17) is 0 Å². The molecule has 0 aliphatic carbocycles. The Morgan fingerprint density at radius 3 is 2.58 bits per heavy atom. The summed E-state index contributed by atoms with van der Waals surface area (Å²) in [6.07, 6.45) is 2.35. The third-order valence-electron chi connectivity index (χ3n) is 4.35. The Balaban J connectivity index is 1.74. The maximum atomic E-state index is 11.7. The molecule has 24 heavy (non-hydrogen) atoms. The van der Waals surface area contributed by atoms with E-state index in [9.17, 15) is 8.42 Å². The van der Waals surface area contributed by atoms with Crippen LogP contribution in [0.5, 0.6) is 0 Å². The SMILES string of the molecule is CN(Cc1ccccc1)c1ccnc(N(C)C2CCS(=O)(=O)C2)n1. The maximum Gasteiger partial charge on any atom is 0.227 e. The van der Waals surface area contributed by atoms with Gasteiger partial charge in [-0.25, -0.2) is 13.4 Å². The Morgan fingerprint density at radius 1 is 1.17 bits per heavy atom.